The Morgan fingerprint density at radius 2 is 1.70 bits per heavy atom. The van der Waals surface area contributed by atoms with Crippen molar-refractivity contribution in [3.8, 4) is 23.0 Å². The smallest absolute Gasteiger partial charge is 0.264 e. The molecule has 2 aromatic carbocycles. The van der Waals surface area contributed by atoms with Crippen molar-refractivity contribution in [1.29, 1.82) is 0 Å². The van der Waals surface area contributed by atoms with Crippen molar-refractivity contribution in [1.82, 2.24) is 0 Å². The average Bonchev–Trinajstić information content (AvgIpc) is 2.68. The first kappa shape index (κ1) is 19.4. The molecule has 0 spiro atoms. The molecule has 0 atom stereocenters. The summed E-state index contributed by atoms with van der Waals surface area (Å²) in [6.07, 6.45) is 0. The highest BCUT2D eigenvalue weighted by Gasteiger charge is 2.29. The van der Waals surface area contributed by atoms with Crippen LogP contribution in [0.25, 0.3) is 0 Å². The summed E-state index contributed by atoms with van der Waals surface area (Å²) in [6.45, 7) is 2.71. The van der Waals surface area contributed by atoms with Gasteiger partial charge in [-0.25, -0.2) is 8.42 Å². The first-order valence-corrected chi connectivity index (χ1v) is 10.1. The largest absolute Gasteiger partial charge is 0.495 e. The van der Waals surface area contributed by atoms with Crippen LogP contribution in [0.3, 0.4) is 0 Å². The molecule has 1 aliphatic heterocycles. The summed E-state index contributed by atoms with van der Waals surface area (Å²) in [5.41, 5.74) is 0.330. The topological polar surface area (TPSA) is 74.3 Å². The van der Waals surface area contributed by atoms with Crippen LogP contribution in [0.1, 0.15) is 6.92 Å². The maximum Gasteiger partial charge on any atom is 0.264 e. The zero-order chi connectivity index (χ0) is 19.6. The van der Waals surface area contributed by atoms with E-state index in [4.69, 9.17) is 30.5 Å². The molecule has 1 heterocycles. The quantitative estimate of drug-likeness (QED) is 0.723. The van der Waals surface area contributed by atoms with Crippen LogP contribution in [-0.4, -0.2) is 42.4 Å². The van der Waals surface area contributed by atoms with Crippen LogP contribution in [0, 0.1) is 0 Å². The third kappa shape index (κ3) is 3.59. The van der Waals surface area contributed by atoms with Gasteiger partial charge in [0.25, 0.3) is 10.0 Å². The number of methoxy groups -OCH3 is 2. The van der Waals surface area contributed by atoms with E-state index in [9.17, 15) is 8.42 Å². The normalized spacial score (nSPS) is 13.2. The minimum Gasteiger partial charge on any atom is -0.495 e. The number of fused-ring (bicyclic) bond motifs is 1. The van der Waals surface area contributed by atoms with Gasteiger partial charge in [0.05, 0.1) is 29.8 Å². The van der Waals surface area contributed by atoms with Crippen LogP contribution in [0.4, 0.5) is 5.69 Å². The fourth-order valence-corrected chi connectivity index (χ4v) is 4.54. The Kier molecular flexibility index (Phi) is 5.57. The number of rotatable bonds is 6. The molecule has 27 heavy (non-hydrogen) atoms. The van der Waals surface area contributed by atoms with E-state index in [1.165, 1.54) is 36.7 Å². The van der Waals surface area contributed by atoms with Crippen molar-refractivity contribution in [3.05, 3.63) is 35.4 Å². The molecule has 0 bridgehead atoms. The van der Waals surface area contributed by atoms with Gasteiger partial charge in [0.2, 0.25) is 0 Å². The summed E-state index contributed by atoms with van der Waals surface area (Å²) in [7, 11) is -0.977. The monoisotopic (exact) mass is 413 g/mol. The molecule has 9 heteroatoms. The van der Waals surface area contributed by atoms with E-state index >= 15 is 0 Å². The van der Waals surface area contributed by atoms with Crippen LogP contribution >= 0.6 is 11.6 Å². The van der Waals surface area contributed by atoms with Gasteiger partial charge in [-0.3, -0.25) is 4.31 Å². The third-order valence-corrected chi connectivity index (χ3v) is 6.29. The molecule has 0 amide bonds. The predicted octanol–water partition coefficient (Wildman–Crippen LogP) is 3.34. The fraction of sp³-hybridized carbons (Fsp3) is 0.333. The molecule has 0 fully saturated rings. The molecular formula is C18H20ClNO6S. The maximum atomic E-state index is 13.3. The number of anilines is 1. The Balaban J connectivity index is 2.09. The van der Waals surface area contributed by atoms with Gasteiger partial charge in [-0.15, -0.1) is 0 Å². The van der Waals surface area contributed by atoms with Gasteiger partial charge in [0.1, 0.15) is 24.7 Å². The number of nitrogens with zero attached hydrogens (tertiary/aromatic N) is 1. The van der Waals surface area contributed by atoms with E-state index in [1.807, 2.05) is 0 Å². The lowest BCUT2D eigenvalue weighted by Gasteiger charge is -2.26. The average molecular weight is 414 g/mol. The van der Waals surface area contributed by atoms with Crippen molar-refractivity contribution in [2.24, 2.45) is 0 Å². The Bertz CT molecular complexity index is 947. The molecule has 3 rings (SSSR count). The van der Waals surface area contributed by atoms with Gasteiger partial charge in [0, 0.05) is 24.7 Å². The van der Waals surface area contributed by atoms with E-state index in [2.05, 4.69) is 0 Å². The lowest BCUT2D eigenvalue weighted by Crippen LogP contribution is -2.31. The summed E-state index contributed by atoms with van der Waals surface area (Å²) in [5, 5.41) is 0.325. The second kappa shape index (κ2) is 7.74. The molecule has 2 aromatic rings. The number of sulfonamides is 1. The van der Waals surface area contributed by atoms with Crippen LogP contribution < -0.4 is 23.3 Å². The lowest BCUT2D eigenvalue weighted by atomic mass is 10.2. The molecule has 1 aliphatic rings. The van der Waals surface area contributed by atoms with E-state index in [0.29, 0.717) is 46.9 Å². The predicted molar refractivity (Wildman–Crippen MR) is 102 cm³/mol. The van der Waals surface area contributed by atoms with Gasteiger partial charge in [-0.1, -0.05) is 11.6 Å². The highest BCUT2D eigenvalue weighted by molar-refractivity contribution is 7.92. The fourth-order valence-electron chi connectivity index (χ4n) is 2.82. The lowest BCUT2D eigenvalue weighted by molar-refractivity contribution is 0.171. The van der Waals surface area contributed by atoms with Crippen molar-refractivity contribution in [2.45, 2.75) is 11.8 Å². The first-order chi connectivity index (χ1) is 12.9. The molecule has 0 saturated carbocycles. The zero-order valence-corrected chi connectivity index (χ0v) is 16.8. The number of hydrogen-bond acceptors (Lipinski definition) is 6. The number of ether oxygens (including phenoxy) is 4. The molecule has 146 valence electrons. The van der Waals surface area contributed by atoms with Crippen molar-refractivity contribution in [2.75, 3.05) is 38.3 Å². The summed E-state index contributed by atoms with van der Waals surface area (Å²) in [5.74, 6) is 1.60. The van der Waals surface area contributed by atoms with Gasteiger partial charge < -0.3 is 18.9 Å². The van der Waals surface area contributed by atoms with Crippen molar-refractivity contribution in [3.63, 3.8) is 0 Å². The van der Waals surface area contributed by atoms with Crippen LogP contribution in [0.5, 0.6) is 23.0 Å². The number of hydrogen-bond donors (Lipinski definition) is 0. The molecule has 0 aliphatic carbocycles. The molecule has 0 saturated heterocycles. The van der Waals surface area contributed by atoms with Gasteiger partial charge in [-0.2, -0.15) is 0 Å². The highest BCUT2D eigenvalue weighted by atomic mass is 35.5. The molecule has 0 unspecified atom stereocenters. The first-order valence-electron chi connectivity index (χ1n) is 8.26. The van der Waals surface area contributed by atoms with Crippen LogP contribution in [-0.2, 0) is 10.0 Å². The Morgan fingerprint density at radius 3 is 2.33 bits per heavy atom. The summed E-state index contributed by atoms with van der Waals surface area (Å²) < 4.78 is 49.4. The van der Waals surface area contributed by atoms with E-state index in [0.717, 1.165) is 0 Å². The number of benzene rings is 2. The second-order valence-corrected chi connectivity index (χ2v) is 7.90. The minimum atomic E-state index is -3.89. The Hall–Kier alpha value is -2.32. The third-order valence-electron chi connectivity index (χ3n) is 4.11. The highest BCUT2D eigenvalue weighted by Crippen LogP contribution is 2.41. The van der Waals surface area contributed by atoms with E-state index in [1.54, 1.807) is 19.1 Å². The summed E-state index contributed by atoms with van der Waals surface area (Å²) >= 11 is 6.14. The van der Waals surface area contributed by atoms with Crippen molar-refractivity contribution < 1.29 is 27.4 Å². The van der Waals surface area contributed by atoms with E-state index in [-0.39, 0.29) is 11.4 Å². The maximum absolute atomic E-state index is 13.3. The Morgan fingerprint density at radius 1 is 1.04 bits per heavy atom. The number of halogens is 1. The molecular weight excluding hydrogens is 394 g/mol. The molecule has 0 N–H and O–H groups in total. The standard InChI is InChI=1S/C18H20ClNO6S/c1-4-20(14-11-16(23-2)13(19)10-17(14)24-3)27(21,22)12-5-6-15-18(9-12)26-8-7-25-15/h5-6,9-11H,4,7-8H2,1-3H3. The molecule has 0 aromatic heterocycles. The van der Waals surface area contributed by atoms with Crippen molar-refractivity contribution >= 4 is 27.3 Å². The Labute approximate surface area is 163 Å². The van der Waals surface area contributed by atoms with E-state index < -0.39 is 10.0 Å². The molecule has 0 radical (unpaired) electrons. The summed E-state index contributed by atoms with van der Waals surface area (Å²) in [6, 6.07) is 7.62. The zero-order valence-electron chi connectivity index (χ0n) is 15.2. The van der Waals surface area contributed by atoms with Gasteiger partial charge in [0.15, 0.2) is 11.5 Å². The van der Waals surface area contributed by atoms with Crippen LogP contribution in [0.15, 0.2) is 35.2 Å². The van der Waals surface area contributed by atoms with Crippen LogP contribution in [0.2, 0.25) is 5.02 Å². The van der Waals surface area contributed by atoms with Gasteiger partial charge in [-0.05, 0) is 19.1 Å². The SMILES string of the molecule is CCN(c1cc(OC)c(Cl)cc1OC)S(=O)(=O)c1ccc2c(c1)OCCO2. The summed E-state index contributed by atoms with van der Waals surface area (Å²) in [4.78, 5) is 0.0876. The molecule has 7 nitrogen and oxygen atoms in total. The second-order valence-electron chi connectivity index (χ2n) is 5.63. The minimum absolute atomic E-state index is 0.0876. The van der Waals surface area contributed by atoms with Gasteiger partial charge >= 0.3 is 0 Å².